The molecule has 0 aliphatic heterocycles. The molecule has 0 unspecified atom stereocenters. The van der Waals surface area contributed by atoms with E-state index in [2.05, 4.69) is 0 Å². The summed E-state index contributed by atoms with van der Waals surface area (Å²) in [7, 11) is 0. The lowest BCUT2D eigenvalue weighted by Gasteiger charge is -2.14. The molecule has 0 heterocycles. The monoisotopic (exact) mass is 286 g/mol. The minimum Gasteiger partial charge on any atom is -0.488 e. The van der Waals surface area contributed by atoms with Gasteiger partial charge in [-0.15, -0.1) is 0 Å². The quantitative estimate of drug-likeness (QED) is 0.528. The molecule has 0 saturated heterocycles. The Balaban J connectivity index is 2.27. The number of hydrogen-bond donors (Lipinski definition) is 1. The first-order valence-electron chi connectivity index (χ1n) is 6.63. The Labute approximate surface area is 123 Å². The summed E-state index contributed by atoms with van der Waals surface area (Å²) in [5, 5.41) is 10.9. The van der Waals surface area contributed by atoms with Crippen molar-refractivity contribution in [2.75, 3.05) is 5.73 Å². The van der Waals surface area contributed by atoms with Crippen molar-refractivity contribution in [3.63, 3.8) is 0 Å². The van der Waals surface area contributed by atoms with Gasteiger partial charge in [0.2, 0.25) is 0 Å². The van der Waals surface area contributed by atoms with E-state index in [0.717, 1.165) is 22.4 Å². The third-order valence-electron chi connectivity index (χ3n) is 3.62. The van der Waals surface area contributed by atoms with Crippen LogP contribution < -0.4 is 10.5 Å². The van der Waals surface area contributed by atoms with Gasteiger partial charge >= 0.3 is 0 Å². The predicted octanol–water partition coefficient (Wildman–Crippen LogP) is 3.68. The van der Waals surface area contributed by atoms with Crippen molar-refractivity contribution in [1.29, 1.82) is 0 Å². The van der Waals surface area contributed by atoms with E-state index in [-0.39, 0.29) is 18.0 Å². The van der Waals surface area contributed by atoms with Gasteiger partial charge in [0, 0.05) is 11.6 Å². The van der Waals surface area contributed by atoms with Crippen molar-refractivity contribution in [3.8, 4) is 5.75 Å². The second-order valence-electron chi connectivity index (χ2n) is 5.05. The van der Waals surface area contributed by atoms with Crippen LogP contribution in [-0.2, 0) is 6.61 Å². The van der Waals surface area contributed by atoms with Gasteiger partial charge in [-0.05, 0) is 37.5 Å². The lowest BCUT2D eigenvalue weighted by molar-refractivity contribution is -0.384. The Kier molecular flexibility index (Phi) is 4.12. The largest absolute Gasteiger partial charge is 0.488 e. The number of nitro groups is 1. The number of aryl methyl sites for hydroxylation is 2. The number of nitrogens with two attached hydrogens (primary N) is 1. The standard InChI is InChI=1S/C16H18N2O3/c1-10-7-8-11(2)16(12(10)3)21-9-13-5-4-6-14(15(13)17)18(19)20/h4-8H,9,17H2,1-3H3. The van der Waals surface area contributed by atoms with Crippen molar-refractivity contribution >= 4 is 11.4 Å². The number of anilines is 1. The Morgan fingerprint density at radius 2 is 1.81 bits per heavy atom. The number of para-hydroxylation sites is 1. The van der Waals surface area contributed by atoms with E-state index < -0.39 is 4.92 Å². The van der Waals surface area contributed by atoms with Gasteiger partial charge in [0.15, 0.2) is 0 Å². The highest BCUT2D eigenvalue weighted by atomic mass is 16.6. The first-order valence-corrected chi connectivity index (χ1v) is 6.63. The van der Waals surface area contributed by atoms with E-state index in [1.54, 1.807) is 12.1 Å². The molecule has 0 radical (unpaired) electrons. The second-order valence-corrected chi connectivity index (χ2v) is 5.05. The molecular formula is C16H18N2O3. The number of ether oxygens (including phenoxy) is 1. The van der Waals surface area contributed by atoms with E-state index in [4.69, 9.17) is 10.5 Å². The minimum absolute atomic E-state index is 0.0891. The van der Waals surface area contributed by atoms with Gasteiger partial charge in [-0.3, -0.25) is 10.1 Å². The molecule has 0 fully saturated rings. The highest BCUT2D eigenvalue weighted by Crippen LogP contribution is 2.29. The van der Waals surface area contributed by atoms with Crippen molar-refractivity contribution in [2.45, 2.75) is 27.4 Å². The zero-order valence-corrected chi connectivity index (χ0v) is 12.3. The Morgan fingerprint density at radius 1 is 1.14 bits per heavy atom. The first kappa shape index (κ1) is 14.8. The number of rotatable bonds is 4. The first-order chi connectivity index (χ1) is 9.91. The number of nitro benzene ring substituents is 1. The summed E-state index contributed by atoms with van der Waals surface area (Å²) < 4.78 is 5.85. The van der Waals surface area contributed by atoms with Crippen LogP contribution in [0.25, 0.3) is 0 Å². The van der Waals surface area contributed by atoms with E-state index in [1.807, 2.05) is 32.9 Å². The van der Waals surface area contributed by atoms with E-state index in [9.17, 15) is 10.1 Å². The summed E-state index contributed by atoms with van der Waals surface area (Å²) in [6, 6.07) is 8.78. The van der Waals surface area contributed by atoms with Crippen LogP contribution in [0, 0.1) is 30.9 Å². The summed E-state index contributed by atoms with van der Waals surface area (Å²) in [6.45, 7) is 6.19. The SMILES string of the molecule is Cc1ccc(C)c(OCc2cccc([N+](=O)[O-])c2N)c1C. The van der Waals surface area contributed by atoms with Crippen LogP contribution in [-0.4, -0.2) is 4.92 Å². The maximum atomic E-state index is 10.9. The summed E-state index contributed by atoms with van der Waals surface area (Å²) in [5.41, 5.74) is 9.76. The fourth-order valence-corrected chi connectivity index (χ4v) is 2.18. The zero-order chi connectivity index (χ0) is 15.6. The van der Waals surface area contributed by atoms with Crippen LogP contribution in [0.5, 0.6) is 5.75 Å². The van der Waals surface area contributed by atoms with Crippen molar-refractivity contribution < 1.29 is 9.66 Å². The molecule has 5 nitrogen and oxygen atoms in total. The molecule has 5 heteroatoms. The third kappa shape index (κ3) is 2.97. The molecule has 21 heavy (non-hydrogen) atoms. The zero-order valence-electron chi connectivity index (χ0n) is 12.3. The fourth-order valence-electron chi connectivity index (χ4n) is 2.18. The average molecular weight is 286 g/mol. The molecule has 2 rings (SSSR count). The molecule has 0 aliphatic rings. The molecule has 2 N–H and O–H groups in total. The van der Waals surface area contributed by atoms with Crippen LogP contribution in [0.4, 0.5) is 11.4 Å². The van der Waals surface area contributed by atoms with Gasteiger partial charge < -0.3 is 10.5 Å². The molecule has 0 aromatic heterocycles. The molecule has 0 bridgehead atoms. The second kappa shape index (κ2) is 5.83. The minimum atomic E-state index is -0.484. The van der Waals surface area contributed by atoms with Gasteiger partial charge in [-0.25, -0.2) is 0 Å². The van der Waals surface area contributed by atoms with Crippen molar-refractivity contribution in [2.24, 2.45) is 0 Å². The maximum Gasteiger partial charge on any atom is 0.292 e. The molecular weight excluding hydrogens is 268 g/mol. The molecule has 0 spiro atoms. The summed E-state index contributed by atoms with van der Waals surface area (Å²) in [5.74, 6) is 0.806. The molecule has 110 valence electrons. The van der Waals surface area contributed by atoms with Crippen LogP contribution >= 0.6 is 0 Å². The van der Waals surface area contributed by atoms with Crippen molar-refractivity contribution in [3.05, 3.63) is 62.7 Å². The summed E-state index contributed by atoms with van der Waals surface area (Å²) >= 11 is 0. The lowest BCUT2D eigenvalue weighted by Crippen LogP contribution is -2.05. The summed E-state index contributed by atoms with van der Waals surface area (Å²) in [4.78, 5) is 10.4. The summed E-state index contributed by atoms with van der Waals surface area (Å²) in [6.07, 6.45) is 0. The third-order valence-corrected chi connectivity index (χ3v) is 3.62. The Bertz CT molecular complexity index is 696. The van der Waals surface area contributed by atoms with Gasteiger partial charge in [0.1, 0.15) is 18.0 Å². The molecule has 2 aromatic carbocycles. The lowest BCUT2D eigenvalue weighted by atomic mass is 10.1. The van der Waals surface area contributed by atoms with E-state index >= 15 is 0 Å². The van der Waals surface area contributed by atoms with Crippen LogP contribution in [0.2, 0.25) is 0 Å². The highest BCUT2D eigenvalue weighted by molar-refractivity contribution is 5.63. The molecule has 2 aromatic rings. The smallest absolute Gasteiger partial charge is 0.292 e. The Hall–Kier alpha value is -2.56. The average Bonchev–Trinajstić information content (AvgIpc) is 2.44. The number of nitrogens with zero attached hydrogens (tertiary/aromatic N) is 1. The van der Waals surface area contributed by atoms with Crippen LogP contribution in [0.3, 0.4) is 0 Å². The Morgan fingerprint density at radius 3 is 2.48 bits per heavy atom. The maximum absolute atomic E-state index is 10.9. The van der Waals surface area contributed by atoms with E-state index in [0.29, 0.717) is 5.56 Å². The van der Waals surface area contributed by atoms with Gasteiger partial charge in [-0.2, -0.15) is 0 Å². The van der Waals surface area contributed by atoms with Gasteiger partial charge in [0.25, 0.3) is 5.69 Å². The molecule has 0 saturated carbocycles. The van der Waals surface area contributed by atoms with Gasteiger partial charge in [-0.1, -0.05) is 24.3 Å². The molecule has 0 amide bonds. The van der Waals surface area contributed by atoms with E-state index in [1.165, 1.54) is 6.07 Å². The number of benzene rings is 2. The molecule has 0 atom stereocenters. The molecule has 0 aliphatic carbocycles. The predicted molar refractivity (Wildman–Crippen MR) is 82.5 cm³/mol. The topological polar surface area (TPSA) is 78.4 Å². The van der Waals surface area contributed by atoms with Crippen LogP contribution in [0.1, 0.15) is 22.3 Å². The normalized spacial score (nSPS) is 10.4. The number of nitrogen functional groups attached to an aromatic ring is 1. The van der Waals surface area contributed by atoms with Crippen molar-refractivity contribution in [1.82, 2.24) is 0 Å². The van der Waals surface area contributed by atoms with Gasteiger partial charge in [0.05, 0.1) is 4.92 Å². The fraction of sp³-hybridized carbons (Fsp3) is 0.250. The number of hydrogen-bond acceptors (Lipinski definition) is 4. The highest BCUT2D eigenvalue weighted by Gasteiger charge is 2.15. The van der Waals surface area contributed by atoms with Crippen LogP contribution in [0.15, 0.2) is 30.3 Å².